The number of nitrogens with zero attached hydrogens (tertiary/aromatic N) is 1. The van der Waals surface area contributed by atoms with Gasteiger partial charge in [0.05, 0.1) is 4.92 Å². The fourth-order valence-corrected chi connectivity index (χ4v) is 3.76. The van der Waals surface area contributed by atoms with E-state index in [2.05, 4.69) is 22.2 Å². The second kappa shape index (κ2) is 9.16. The van der Waals surface area contributed by atoms with Gasteiger partial charge in [-0.25, -0.2) is 5.43 Å². The molecular formula is C25H22N4O5. The maximum absolute atomic E-state index is 12.6. The standard InChI is InChI=1S/C25H22N4O5/c1-14-6-7-16(12-15(14)2)18-4-3-5-20-23(18)19(25(32)27-20)10-11-26-28-24(31)17-8-9-22(30)21(13-17)29(33)34/h3-10,12-13,26,30H,11H2,1-2H3,(H,27,32)(H,28,31). The molecule has 0 saturated carbocycles. The number of nitrogens with one attached hydrogen (secondary N) is 3. The molecule has 1 heterocycles. The molecule has 3 aromatic carbocycles. The van der Waals surface area contributed by atoms with Crippen molar-refractivity contribution >= 4 is 28.8 Å². The molecule has 9 heteroatoms. The highest BCUT2D eigenvalue weighted by molar-refractivity contribution is 6.33. The Labute approximate surface area is 195 Å². The van der Waals surface area contributed by atoms with Crippen molar-refractivity contribution in [1.82, 2.24) is 10.9 Å². The summed E-state index contributed by atoms with van der Waals surface area (Å²) >= 11 is 0. The van der Waals surface area contributed by atoms with Crippen molar-refractivity contribution < 1.29 is 19.6 Å². The zero-order valence-electron chi connectivity index (χ0n) is 18.5. The number of carbonyl (C=O) groups is 2. The predicted octanol–water partition coefficient (Wildman–Crippen LogP) is 3.85. The number of hydrogen-bond acceptors (Lipinski definition) is 6. The third-order valence-electron chi connectivity index (χ3n) is 5.69. The summed E-state index contributed by atoms with van der Waals surface area (Å²) in [6.45, 7) is 4.22. The lowest BCUT2D eigenvalue weighted by atomic mass is 9.93. The third-order valence-corrected chi connectivity index (χ3v) is 5.69. The number of phenols is 1. The van der Waals surface area contributed by atoms with Crippen molar-refractivity contribution in [3.63, 3.8) is 0 Å². The summed E-state index contributed by atoms with van der Waals surface area (Å²) in [6.07, 6.45) is 1.67. The lowest BCUT2D eigenvalue weighted by molar-refractivity contribution is -0.385. The van der Waals surface area contributed by atoms with E-state index in [9.17, 15) is 24.8 Å². The molecule has 2 amide bonds. The predicted molar refractivity (Wildman–Crippen MR) is 128 cm³/mol. The van der Waals surface area contributed by atoms with Gasteiger partial charge in [0.1, 0.15) is 0 Å². The van der Waals surface area contributed by atoms with Crippen molar-refractivity contribution in [3.8, 4) is 16.9 Å². The van der Waals surface area contributed by atoms with Crippen LogP contribution in [0.2, 0.25) is 0 Å². The number of benzene rings is 3. The number of aromatic hydroxyl groups is 1. The van der Waals surface area contributed by atoms with Gasteiger partial charge in [-0.3, -0.25) is 25.1 Å². The van der Waals surface area contributed by atoms with E-state index in [0.717, 1.165) is 34.4 Å². The molecule has 0 aliphatic carbocycles. The Morgan fingerprint density at radius 2 is 1.91 bits per heavy atom. The Hall–Kier alpha value is -4.50. The third kappa shape index (κ3) is 4.37. The van der Waals surface area contributed by atoms with Crippen molar-refractivity contribution in [2.45, 2.75) is 13.8 Å². The smallest absolute Gasteiger partial charge is 0.311 e. The second-order valence-electron chi connectivity index (χ2n) is 7.89. The Morgan fingerprint density at radius 1 is 1.12 bits per heavy atom. The van der Waals surface area contributed by atoms with Crippen LogP contribution in [0.3, 0.4) is 0 Å². The fraction of sp³-hybridized carbons (Fsp3) is 0.120. The molecule has 0 radical (unpaired) electrons. The van der Waals surface area contributed by atoms with Gasteiger partial charge in [0, 0.05) is 35.0 Å². The molecule has 0 saturated heterocycles. The number of phenolic OH excluding ortho intramolecular Hbond substituents is 1. The van der Waals surface area contributed by atoms with E-state index in [1.54, 1.807) is 6.08 Å². The Kier molecular flexibility index (Phi) is 6.11. The highest BCUT2D eigenvalue weighted by Gasteiger charge is 2.27. The van der Waals surface area contributed by atoms with Crippen LogP contribution in [0, 0.1) is 24.0 Å². The summed E-state index contributed by atoms with van der Waals surface area (Å²) in [6, 6.07) is 15.2. The first-order valence-electron chi connectivity index (χ1n) is 10.5. The summed E-state index contributed by atoms with van der Waals surface area (Å²) in [4.78, 5) is 35.1. The van der Waals surface area contributed by atoms with E-state index in [4.69, 9.17) is 0 Å². The maximum Gasteiger partial charge on any atom is 0.311 e. The minimum atomic E-state index is -0.771. The average Bonchev–Trinajstić information content (AvgIpc) is 3.13. The Bertz CT molecular complexity index is 1360. The van der Waals surface area contributed by atoms with Crippen LogP contribution in [0.25, 0.3) is 16.7 Å². The monoisotopic (exact) mass is 458 g/mol. The summed E-state index contributed by atoms with van der Waals surface area (Å²) < 4.78 is 0. The lowest BCUT2D eigenvalue weighted by Crippen LogP contribution is -2.37. The van der Waals surface area contributed by atoms with Crippen LogP contribution in [0.15, 0.2) is 60.7 Å². The summed E-state index contributed by atoms with van der Waals surface area (Å²) in [7, 11) is 0. The highest BCUT2D eigenvalue weighted by Crippen LogP contribution is 2.39. The number of carbonyl (C=O) groups excluding carboxylic acids is 2. The largest absolute Gasteiger partial charge is 0.502 e. The molecule has 0 unspecified atom stereocenters. The molecule has 172 valence electrons. The highest BCUT2D eigenvalue weighted by atomic mass is 16.6. The van der Waals surface area contributed by atoms with Crippen molar-refractivity contribution in [3.05, 3.63) is 93.0 Å². The quantitative estimate of drug-likeness (QED) is 0.192. The molecule has 34 heavy (non-hydrogen) atoms. The van der Waals surface area contributed by atoms with Gasteiger partial charge < -0.3 is 10.4 Å². The summed E-state index contributed by atoms with van der Waals surface area (Å²) in [5.74, 6) is -1.38. The molecular weight excluding hydrogens is 436 g/mol. The molecule has 0 aromatic heterocycles. The molecule has 0 spiro atoms. The molecule has 0 fully saturated rings. The average molecular weight is 458 g/mol. The molecule has 3 aromatic rings. The van der Waals surface area contributed by atoms with E-state index in [1.807, 2.05) is 44.2 Å². The van der Waals surface area contributed by atoms with Gasteiger partial charge in [0.25, 0.3) is 11.8 Å². The number of nitro groups is 1. The lowest BCUT2D eigenvalue weighted by Gasteiger charge is -2.11. The van der Waals surface area contributed by atoms with E-state index >= 15 is 0 Å². The van der Waals surface area contributed by atoms with Crippen LogP contribution in [0.1, 0.15) is 27.0 Å². The van der Waals surface area contributed by atoms with Crippen LogP contribution < -0.4 is 16.2 Å². The van der Waals surface area contributed by atoms with Crippen LogP contribution in [0.5, 0.6) is 5.75 Å². The number of amides is 2. The minimum Gasteiger partial charge on any atom is -0.502 e. The van der Waals surface area contributed by atoms with Gasteiger partial charge in [-0.15, -0.1) is 0 Å². The molecule has 0 atom stereocenters. The van der Waals surface area contributed by atoms with Gasteiger partial charge in [0.2, 0.25) is 0 Å². The number of hydrazine groups is 1. The van der Waals surface area contributed by atoms with Gasteiger partial charge in [-0.05, 0) is 54.3 Å². The van der Waals surface area contributed by atoms with E-state index in [-0.39, 0.29) is 18.0 Å². The molecule has 0 bridgehead atoms. The molecule has 9 nitrogen and oxygen atoms in total. The van der Waals surface area contributed by atoms with Crippen molar-refractivity contribution in [2.75, 3.05) is 11.9 Å². The van der Waals surface area contributed by atoms with E-state index in [0.29, 0.717) is 11.3 Å². The van der Waals surface area contributed by atoms with Crippen LogP contribution in [-0.4, -0.2) is 28.4 Å². The number of aryl methyl sites for hydroxylation is 2. The fourth-order valence-electron chi connectivity index (χ4n) is 3.76. The number of nitro benzene ring substituents is 1. The second-order valence-corrected chi connectivity index (χ2v) is 7.89. The zero-order chi connectivity index (χ0) is 24.4. The van der Waals surface area contributed by atoms with Gasteiger partial charge in [-0.1, -0.05) is 36.4 Å². The van der Waals surface area contributed by atoms with Gasteiger partial charge >= 0.3 is 5.69 Å². The van der Waals surface area contributed by atoms with Gasteiger partial charge in [0.15, 0.2) is 5.75 Å². The van der Waals surface area contributed by atoms with E-state index in [1.165, 1.54) is 11.6 Å². The summed E-state index contributed by atoms with van der Waals surface area (Å²) in [5.41, 5.74) is 10.8. The van der Waals surface area contributed by atoms with Gasteiger partial charge in [-0.2, -0.15) is 0 Å². The number of fused-ring (bicyclic) bond motifs is 1. The topological polar surface area (TPSA) is 134 Å². The number of anilines is 1. The SMILES string of the molecule is Cc1ccc(-c2cccc3c2C(=CCNNC(=O)c2ccc(O)c([N+](=O)[O-])c2)C(=O)N3)cc1C. The van der Waals surface area contributed by atoms with Crippen LogP contribution >= 0.6 is 0 Å². The van der Waals surface area contributed by atoms with Crippen molar-refractivity contribution in [1.29, 1.82) is 0 Å². The Balaban J connectivity index is 1.52. The first kappa shape index (κ1) is 22.7. The molecule has 4 rings (SSSR count). The Morgan fingerprint density at radius 3 is 2.65 bits per heavy atom. The van der Waals surface area contributed by atoms with E-state index < -0.39 is 22.3 Å². The summed E-state index contributed by atoms with van der Waals surface area (Å²) in [5, 5.41) is 23.4. The maximum atomic E-state index is 12.6. The first-order chi connectivity index (χ1) is 16.3. The molecule has 1 aliphatic heterocycles. The molecule has 1 aliphatic rings. The minimum absolute atomic E-state index is 0.00522. The normalized spacial score (nSPS) is 13.5. The van der Waals surface area contributed by atoms with Crippen LogP contribution in [-0.2, 0) is 4.79 Å². The molecule has 4 N–H and O–H groups in total. The van der Waals surface area contributed by atoms with Crippen molar-refractivity contribution in [2.24, 2.45) is 0 Å². The number of hydrogen-bond donors (Lipinski definition) is 4. The number of rotatable bonds is 6. The first-order valence-corrected chi connectivity index (χ1v) is 10.5. The zero-order valence-corrected chi connectivity index (χ0v) is 18.5. The van der Waals surface area contributed by atoms with Crippen LogP contribution in [0.4, 0.5) is 11.4 Å².